The Morgan fingerprint density at radius 3 is 2.71 bits per heavy atom. The van der Waals surface area contributed by atoms with E-state index >= 15 is 0 Å². The van der Waals surface area contributed by atoms with E-state index in [-0.39, 0.29) is 11.1 Å². The van der Waals surface area contributed by atoms with E-state index in [4.69, 9.17) is 4.74 Å². The second kappa shape index (κ2) is 5.50. The Morgan fingerprint density at radius 2 is 2.10 bits per heavy atom. The predicted molar refractivity (Wildman–Crippen MR) is 77.4 cm³/mol. The maximum atomic E-state index is 12.6. The van der Waals surface area contributed by atoms with Crippen molar-refractivity contribution < 1.29 is 13.2 Å². The first-order chi connectivity index (χ1) is 10.1. The summed E-state index contributed by atoms with van der Waals surface area (Å²) in [6.45, 7) is 0.526. The molecule has 1 N–H and O–H groups in total. The van der Waals surface area contributed by atoms with Crippen molar-refractivity contribution in [1.29, 1.82) is 0 Å². The fourth-order valence-electron chi connectivity index (χ4n) is 2.70. The number of imidazole rings is 1. The standard InChI is InChI=1S/C14H17N3O3S/c1-20-12-6-4-11(5-7-12)13-3-2-8-17(13)21(18,19)14-9-15-10-16-14/h4-7,9-10,13H,2-3,8H2,1H3,(H,15,16)/t13-/m1/s1. The first-order valence-corrected chi connectivity index (χ1v) is 8.21. The lowest BCUT2D eigenvalue weighted by Gasteiger charge is -2.23. The van der Waals surface area contributed by atoms with Gasteiger partial charge in [0.05, 0.1) is 25.7 Å². The maximum Gasteiger partial charge on any atom is 0.260 e. The highest BCUT2D eigenvalue weighted by molar-refractivity contribution is 7.89. The summed E-state index contributed by atoms with van der Waals surface area (Å²) in [5.74, 6) is 0.764. The number of sulfonamides is 1. The highest BCUT2D eigenvalue weighted by Crippen LogP contribution is 2.36. The van der Waals surface area contributed by atoms with Crippen LogP contribution < -0.4 is 4.74 Å². The molecule has 0 radical (unpaired) electrons. The Morgan fingerprint density at radius 1 is 1.33 bits per heavy atom. The van der Waals surface area contributed by atoms with Crippen molar-refractivity contribution >= 4 is 10.0 Å². The molecule has 0 saturated carbocycles. The summed E-state index contributed by atoms with van der Waals surface area (Å²) in [7, 11) is -1.91. The van der Waals surface area contributed by atoms with Crippen LogP contribution in [0.15, 0.2) is 41.8 Å². The quantitative estimate of drug-likeness (QED) is 0.936. The average Bonchev–Trinajstić information content (AvgIpc) is 3.19. The Bertz CT molecular complexity index is 696. The van der Waals surface area contributed by atoms with E-state index in [1.807, 2.05) is 24.3 Å². The number of nitrogens with one attached hydrogen (secondary N) is 1. The molecule has 0 bridgehead atoms. The van der Waals surface area contributed by atoms with E-state index in [2.05, 4.69) is 9.97 Å². The smallest absolute Gasteiger partial charge is 0.260 e. The third kappa shape index (κ3) is 2.54. The molecule has 2 heterocycles. The topological polar surface area (TPSA) is 75.3 Å². The minimum absolute atomic E-state index is 0.135. The summed E-state index contributed by atoms with van der Waals surface area (Å²) in [6, 6.07) is 7.42. The molecule has 0 aliphatic carbocycles. The summed E-state index contributed by atoms with van der Waals surface area (Å²) >= 11 is 0. The van der Waals surface area contributed by atoms with E-state index in [9.17, 15) is 8.42 Å². The monoisotopic (exact) mass is 307 g/mol. The minimum Gasteiger partial charge on any atom is -0.497 e. The van der Waals surface area contributed by atoms with Crippen LogP contribution in [0.1, 0.15) is 24.4 Å². The van der Waals surface area contributed by atoms with Gasteiger partial charge in [0.15, 0.2) is 5.03 Å². The number of nitrogens with zero attached hydrogens (tertiary/aromatic N) is 2. The number of ether oxygens (including phenoxy) is 1. The lowest BCUT2D eigenvalue weighted by atomic mass is 10.1. The number of aromatic nitrogens is 2. The van der Waals surface area contributed by atoms with Crippen LogP contribution >= 0.6 is 0 Å². The van der Waals surface area contributed by atoms with E-state index in [0.717, 1.165) is 24.2 Å². The first-order valence-electron chi connectivity index (χ1n) is 6.77. The van der Waals surface area contributed by atoms with Crippen LogP contribution in [0.2, 0.25) is 0 Å². The van der Waals surface area contributed by atoms with Crippen molar-refractivity contribution in [3.05, 3.63) is 42.4 Å². The molecule has 0 amide bonds. The third-order valence-electron chi connectivity index (χ3n) is 3.76. The number of hydrogen-bond acceptors (Lipinski definition) is 4. The molecular weight excluding hydrogens is 290 g/mol. The molecule has 1 aromatic heterocycles. The largest absolute Gasteiger partial charge is 0.497 e. The molecule has 112 valence electrons. The van der Waals surface area contributed by atoms with Gasteiger partial charge in [0, 0.05) is 6.54 Å². The van der Waals surface area contributed by atoms with Crippen molar-refractivity contribution in [2.24, 2.45) is 0 Å². The van der Waals surface area contributed by atoms with Gasteiger partial charge in [-0.25, -0.2) is 13.4 Å². The fourth-order valence-corrected chi connectivity index (χ4v) is 4.28. The van der Waals surface area contributed by atoms with E-state index in [1.165, 1.54) is 12.5 Å². The summed E-state index contributed by atoms with van der Waals surface area (Å²) < 4.78 is 31.9. The molecule has 3 rings (SSSR count). The van der Waals surface area contributed by atoms with Gasteiger partial charge in [-0.05, 0) is 30.5 Å². The van der Waals surface area contributed by atoms with Gasteiger partial charge >= 0.3 is 0 Å². The normalized spacial score (nSPS) is 19.8. The van der Waals surface area contributed by atoms with Gasteiger partial charge < -0.3 is 9.72 Å². The van der Waals surface area contributed by atoms with Crippen LogP contribution in [0, 0.1) is 0 Å². The summed E-state index contributed by atoms with van der Waals surface area (Å²) in [5, 5.41) is 0.142. The van der Waals surface area contributed by atoms with Crippen LogP contribution in [-0.4, -0.2) is 36.3 Å². The predicted octanol–water partition coefficient (Wildman–Crippen LogP) is 1.94. The van der Waals surface area contributed by atoms with Crippen molar-refractivity contribution in [2.75, 3.05) is 13.7 Å². The van der Waals surface area contributed by atoms with Gasteiger partial charge in [0.2, 0.25) is 0 Å². The van der Waals surface area contributed by atoms with Crippen LogP contribution in [0.5, 0.6) is 5.75 Å². The van der Waals surface area contributed by atoms with Crippen molar-refractivity contribution in [3.8, 4) is 5.75 Å². The Balaban J connectivity index is 1.92. The Kier molecular flexibility index (Phi) is 3.69. The van der Waals surface area contributed by atoms with E-state index in [1.54, 1.807) is 11.4 Å². The van der Waals surface area contributed by atoms with Gasteiger partial charge in [-0.1, -0.05) is 12.1 Å². The van der Waals surface area contributed by atoms with Crippen LogP contribution in [0.3, 0.4) is 0 Å². The first kappa shape index (κ1) is 14.1. The number of H-pyrrole nitrogens is 1. The van der Waals surface area contributed by atoms with Gasteiger partial charge in [0.1, 0.15) is 5.75 Å². The molecule has 1 aliphatic heterocycles. The average molecular weight is 307 g/mol. The molecule has 1 saturated heterocycles. The van der Waals surface area contributed by atoms with Crippen LogP contribution in [0.25, 0.3) is 0 Å². The van der Waals surface area contributed by atoms with Crippen molar-refractivity contribution in [1.82, 2.24) is 14.3 Å². The number of hydrogen-bond donors (Lipinski definition) is 1. The number of methoxy groups -OCH3 is 1. The second-order valence-corrected chi connectivity index (χ2v) is 6.82. The van der Waals surface area contributed by atoms with Gasteiger partial charge in [0.25, 0.3) is 10.0 Å². The van der Waals surface area contributed by atoms with Gasteiger partial charge in [-0.15, -0.1) is 0 Å². The molecule has 1 aromatic carbocycles. The van der Waals surface area contributed by atoms with Gasteiger partial charge in [-0.3, -0.25) is 0 Å². The molecule has 6 nitrogen and oxygen atoms in total. The molecule has 1 aliphatic rings. The molecule has 1 fully saturated rings. The van der Waals surface area contributed by atoms with Crippen LogP contribution in [0.4, 0.5) is 0 Å². The lowest BCUT2D eigenvalue weighted by molar-refractivity contribution is 0.393. The van der Waals surface area contributed by atoms with Crippen molar-refractivity contribution in [2.45, 2.75) is 23.9 Å². The SMILES string of the molecule is COc1ccc([C@H]2CCCN2S(=O)(=O)c2cnc[nH]2)cc1. The Labute approximate surface area is 123 Å². The third-order valence-corrected chi connectivity index (χ3v) is 5.60. The second-order valence-electron chi connectivity index (χ2n) is 4.96. The highest BCUT2D eigenvalue weighted by atomic mass is 32.2. The molecule has 2 aromatic rings. The molecule has 1 atom stereocenters. The molecule has 21 heavy (non-hydrogen) atoms. The number of benzene rings is 1. The number of rotatable bonds is 4. The molecule has 7 heteroatoms. The lowest BCUT2D eigenvalue weighted by Crippen LogP contribution is -2.30. The zero-order chi connectivity index (χ0) is 14.9. The molecule has 0 unspecified atom stereocenters. The summed E-state index contributed by atoms with van der Waals surface area (Å²) in [6.07, 6.45) is 4.40. The summed E-state index contributed by atoms with van der Waals surface area (Å²) in [5.41, 5.74) is 0.983. The zero-order valence-corrected chi connectivity index (χ0v) is 12.5. The summed E-state index contributed by atoms with van der Waals surface area (Å²) in [4.78, 5) is 6.49. The Hall–Kier alpha value is -1.86. The molecule has 0 spiro atoms. The van der Waals surface area contributed by atoms with E-state index < -0.39 is 10.0 Å². The highest BCUT2D eigenvalue weighted by Gasteiger charge is 2.36. The van der Waals surface area contributed by atoms with E-state index in [0.29, 0.717) is 6.54 Å². The zero-order valence-electron chi connectivity index (χ0n) is 11.7. The maximum absolute atomic E-state index is 12.6. The van der Waals surface area contributed by atoms with Crippen LogP contribution in [-0.2, 0) is 10.0 Å². The number of aromatic amines is 1. The fraction of sp³-hybridized carbons (Fsp3) is 0.357. The van der Waals surface area contributed by atoms with Crippen molar-refractivity contribution in [3.63, 3.8) is 0 Å². The van der Waals surface area contributed by atoms with Gasteiger partial charge in [-0.2, -0.15) is 4.31 Å². The molecular formula is C14H17N3O3S. The minimum atomic E-state index is -3.52.